The number of methoxy groups -OCH3 is 1. The molecule has 6 nitrogen and oxygen atoms in total. The van der Waals surface area contributed by atoms with Crippen molar-refractivity contribution in [2.75, 3.05) is 23.9 Å². The Bertz CT molecular complexity index is 882. The first-order valence-electron chi connectivity index (χ1n) is 8.78. The van der Waals surface area contributed by atoms with E-state index in [4.69, 9.17) is 4.74 Å². The smallest absolute Gasteiger partial charge is 0.260 e. The molecular weight excluding hydrogens is 340 g/mol. The van der Waals surface area contributed by atoms with Gasteiger partial charge in [-0.2, -0.15) is 0 Å². The number of amides is 1. The maximum atomic E-state index is 12.4. The standard InChI is InChI=1S/C21H22N4O2/c1-3-25(15-16-9-5-4-6-10-16)20-14-13-19(23-24-20)22-21(26)17-11-7-8-12-18(17)27-2/h4-14H,3,15H2,1-2H3,(H,22,23,26). The molecule has 0 bridgehead atoms. The zero-order chi connectivity index (χ0) is 19.1. The minimum absolute atomic E-state index is 0.286. The van der Waals surface area contributed by atoms with Crippen molar-refractivity contribution in [2.45, 2.75) is 13.5 Å². The highest BCUT2D eigenvalue weighted by Gasteiger charge is 2.13. The molecule has 2 aromatic carbocycles. The number of anilines is 2. The molecule has 3 aromatic rings. The largest absolute Gasteiger partial charge is 0.496 e. The van der Waals surface area contributed by atoms with E-state index in [9.17, 15) is 4.79 Å². The van der Waals surface area contributed by atoms with E-state index in [1.165, 1.54) is 12.7 Å². The van der Waals surface area contributed by atoms with Crippen LogP contribution in [-0.2, 0) is 6.54 Å². The summed E-state index contributed by atoms with van der Waals surface area (Å²) in [5, 5.41) is 11.2. The molecule has 0 radical (unpaired) electrons. The number of para-hydroxylation sites is 1. The molecule has 3 rings (SSSR count). The number of aromatic nitrogens is 2. The van der Waals surface area contributed by atoms with Gasteiger partial charge in [0.2, 0.25) is 0 Å². The van der Waals surface area contributed by atoms with E-state index in [-0.39, 0.29) is 5.91 Å². The second-order valence-electron chi connectivity index (χ2n) is 5.93. The van der Waals surface area contributed by atoms with Crippen LogP contribution in [0.3, 0.4) is 0 Å². The van der Waals surface area contributed by atoms with E-state index in [2.05, 4.69) is 39.5 Å². The molecular formula is C21H22N4O2. The molecule has 1 aromatic heterocycles. The summed E-state index contributed by atoms with van der Waals surface area (Å²) < 4.78 is 5.22. The number of nitrogens with one attached hydrogen (secondary N) is 1. The Labute approximate surface area is 158 Å². The molecule has 0 fully saturated rings. The van der Waals surface area contributed by atoms with Gasteiger partial charge in [0.05, 0.1) is 12.7 Å². The predicted molar refractivity (Wildman–Crippen MR) is 106 cm³/mol. The molecule has 27 heavy (non-hydrogen) atoms. The normalized spacial score (nSPS) is 10.3. The van der Waals surface area contributed by atoms with Gasteiger partial charge in [-0.15, -0.1) is 10.2 Å². The lowest BCUT2D eigenvalue weighted by atomic mass is 10.2. The van der Waals surface area contributed by atoms with Gasteiger partial charge in [0.15, 0.2) is 11.6 Å². The summed E-state index contributed by atoms with van der Waals surface area (Å²) in [7, 11) is 1.53. The zero-order valence-corrected chi connectivity index (χ0v) is 15.4. The van der Waals surface area contributed by atoms with Crippen LogP contribution >= 0.6 is 0 Å². The van der Waals surface area contributed by atoms with E-state index < -0.39 is 0 Å². The van der Waals surface area contributed by atoms with Crippen molar-refractivity contribution in [1.29, 1.82) is 0 Å². The predicted octanol–water partition coefficient (Wildman–Crippen LogP) is 3.76. The Hall–Kier alpha value is -3.41. The number of carbonyl (C=O) groups excluding carboxylic acids is 1. The molecule has 0 spiro atoms. The molecule has 138 valence electrons. The summed E-state index contributed by atoms with van der Waals surface area (Å²) in [6.07, 6.45) is 0. The first-order valence-corrected chi connectivity index (χ1v) is 8.78. The van der Waals surface area contributed by atoms with Gasteiger partial charge < -0.3 is 15.0 Å². The molecule has 1 heterocycles. The van der Waals surface area contributed by atoms with Crippen molar-refractivity contribution in [3.63, 3.8) is 0 Å². The second kappa shape index (κ2) is 8.80. The third-order valence-corrected chi connectivity index (χ3v) is 4.17. The van der Waals surface area contributed by atoms with E-state index in [1.807, 2.05) is 30.3 Å². The Morgan fingerprint density at radius 1 is 1.00 bits per heavy atom. The van der Waals surface area contributed by atoms with Crippen LogP contribution in [-0.4, -0.2) is 29.8 Å². The Kier molecular flexibility index (Phi) is 5.99. The van der Waals surface area contributed by atoms with Crippen molar-refractivity contribution >= 4 is 17.5 Å². The molecule has 0 saturated carbocycles. The molecule has 0 aliphatic carbocycles. The summed E-state index contributed by atoms with van der Waals surface area (Å²) >= 11 is 0. The first kappa shape index (κ1) is 18.4. The zero-order valence-electron chi connectivity index (χ0n) is 15.4. The Morgan fingerprint density at radius 3 is 2.41 bits per heavy atom. The third-order valence-electron chi connectivity index (χ3n) is 4.17. The maximum absolute atomic E-state index is 12.4. The van der Waals surface area contributed by atoms with Gasteiger partial charge in [-0.1, -0.05) is 42.5 Å². The summed E-state index contributed by atoms with van der Waals surface area (Å²) in [6.45, 7) is 3.62. The number of benzene rings is 2. The quantitative estimate of drug-likeness (QED) is 0.693. The fraction of sp³-hybridized carbons (Fsp3) is 0.190. The van der Waals surface area contributed by atoms with Crippen molar-refractivity contribution in [3.05, 3.63) is 77.9 Å². The molecule has 0 aliphatic rings. The highest BCUT2D eigenvalue weighted by atomic mass is 16.5. The van der Waals surface area contributed by atoms with Gasteiger partial charge in [0, 0.05) is 13.1 Å². The van der Waals surface area contributed by atoms with E-state index >= 15 is 0 Å². The van der Waals surface area contributed by atoms with Crippen LogP contribution in [0.15, 0.2) is 66.7 Å². The molecule has 6 heteroatoms. The average Bonchev–Trinajstić information content (AvgIpc) is 2.73. The van der Waals surface area contributed by atoms with Crippen LogP contribution in [0, 0.1) is 0 Å². The van der Waals surface area contributed by atoms with Gasteiger partial charge in [0.25, 0.3) is 5.91 Å². The van der Waals surface area contributed by atoms with Crippen LogP contribution in [0.1, 0.15) is 22.8 Å². The molecule has 0 saturated heterocycles. The number of hydrogen-bond acceptors (Lipinski definition) is 5. The molecule has 1 amide bonds. The van der Waals surface area contributed by atoms with E-state index in [1.54, 1.807) is 24.3 Å². The van der Waals surface area contributed by atoms with Gasteiger partial charge in [-0.05, 0) is 36.8 Å². The molecule has 0 atom stereocenters. The lowest BCUT2D eigenvalue weighted by molar-refractivity contribution is 0.102. The fourth-order valence-electron chi connectivity index (χ4n) is 2.74. The summed E-state index contributed by atoms with van der Waals surface area (Å²) in [4.78, 5) is 14.6. The maximum Gasteiger partial charge on any atom is 0.260 e. The number of nitrogens with zero attached hydrogens (tertiary/aromatic N) is 3. The highest BCUT2D eigenvalue weighted by molar-refractivity contribution is 6.05. The monoisotopic (exact) mass is 362 g/mol. The highest BCUT2D eigenvalue weighted by Crippen LogP contribution is 2.19. The van der Waals surface area contributed by atoms with Gasteiger partial charge in [-0.3, -0.25) is 4.79 Å². The second-order valence-corrected chi connectivity index (χ2v) is 5.93. The number of carbonyl (C=O) groups is 1. The Balaban J connectivity index is 1.70. The van der Waals surface area contributed by atoms with Crippen LogP contribution in [0.4, 0.5) is 11.6 Å². The van der Waals surface area contributed by atoms with Crippen molar-refractivity contribution in [1.82, 2.24) is 10.2 Å². The van der Waals surface area contributed by atoms with E-state index in [0.29, 0.717) is 17.1 Å². The van der Waals surface area contributed by atoms with Crippen LogP contribution in [0.5, 0.6) is 5.75 Å². The molecule has 0 aliphatic heterocycles. The summed E-state index contributed by atoms with van der Waals surface area (Å²) in [5.41, 5.74) is 1.65. The minimum atomic E-state index is -0.286. The van der Waals surface area contributed by atoms with Crippen LogP contribution in [0.25, 0.3) is 0 Å². The Morgan fingerprint density at radius 2 is 1.74 bits per heavy atom. The number of ether oxygens (including phenoxy) is 1. The molecule has 0 unspecified atom stereocenters. The lowest BCUT2D eigenvalue weighted by Gasteiger charge is -2.21. The SMILES string of the molecule is CCN(Cc1ccccc1)c1ccc(NC(=O)c2ccccc2OC)nn1. The average molecular weight is 362 g/mol. The third kappa shape index (κ3) is 4.61. The summed E-state index contributed by atoms with van der Waals surface area (Å²) in [5.74, 6) is 1.38. The van der Waals surface area contributed by atoms with Crippen molar-refractivity contribution in [3.8, 4) is 5.75 Å². The number of rotatable bonds is 7. The number of hydrogen-bond donors (Lipinski definition) is 1. The summed E-state index contributed by atoms with van der Waals surface area (Å²) in [6, 6.07) is 20.9. The topological polar surface area (TPSA) is 67.4 Å². The first-order chi connectivity index (χ1) is 13.2. The van der Waals surface area contributed by atoms with Crippen molar-refractivity contribution < 1.29 is 9.53 Å². The van der Waals surface area contributed by atoms with E-state index in [0.717, 1.165) is 18.9 Å². The van der Waals surface area contributed by atoms with Crippen LogP contribution in [0.2, 0.25) is 0 Å². The fourth-order valence-corrected chi connectivity index (χ4v) is 2.74. The van der Waals surface area contributed by atoms with Crippen LogP contribution < -0.4 is 15.0 Å². The van der Waals surface area contributed by atoms with Gasteiger partial charge in [-0.25, -0.2) is 0 Å². The minimum Gasteiger partial charge on any atom is -0.496 e. The molecule has 1 N–H and O–H groups in total. The van der Waals surface area contributed by atoms with Gasteiger partial charge >= 0.3 is 0 Å². The van der Waals surface area contributed by atoms with Crippen molar-refractivity contribution in [2.24, 2.45) is 0 Å². The van der Waals surface area contributed by atoms with Gasteiger partial charge in [0.1, 0.15) is 5.75 Å². The lowest BCUT2D eigenvalue weighted by Crippen LogP contribution is -2.23.